The normalized spacial score (nSPS) is 45.5. The molecule has 0 aromatic heterocycles. The van der Waals surface area contributed by atoms with Crippen molar-refractivity contribution in [1.82, 2.24) is 5.32 Å². The maximum absolute atomic E-state index is 10.9. The molecule has 2 heteroatoms. The van der Waals surface area contributed by atoms with Crippen LogP contribution in [-0.2, 0) is 0 Å². The van der Waals surface area contributed by atoms with Crippen molar-refractivity contribution in [2.45, 2.75) is 77.5 Å². The zero-order chi connectivity index (χ0) is 12.9. The van der Waals surface area contributed by atoms with Gasteiger partial charge in [-0.05, 0) is 68.6 Å². The highest BCUT2D eigenvalue weighted by Gasteiger charge is 2.54. The van der Waals surface area contributed by atoms with Gasteiger partial charge < -0.3 is 10.4 Å². The molecule has 0 aromatic carbocycles. The summed E-state index contributed by atoms with van der Waals surface area (Å²) in [4.78, 5) is 0. The molecule has 4 bridgehead atoms. The Morgan fingerprint density at radius 2 is 1.39 bits per heavy atom. The monoisotopic (exact) mass is 251 g/mol. The molecule has 4 rings (SSSR count). The van der Waals surface area contributed by atoms with E-state index < -0.39 is 0 Å². The molecule has 4 aliphatic rings. The van der Waals surface area contributed by atoms with E-state index in [0.29, 0.717) is 6.04 Å². The van der Waals surface area contributed by atoms with E-state index in [1.165, 1.54) is 38.5 Å². The molecule has 104 valence electrons. The summed E-state index contributed by atoms with van der Waals surface area (Å²) in [6, 6.07) is 0.699. The Hall–Kier alpha value is -0.0800. The van der Waals surface area contributed by atoms with Crippen LogP contribution in [0.5, 0.6) is 0 Å². The summed E-state index contributed by atoms with van der Waals surface area (Å²) in [5, 5.41) is 14.4. The zero-order valence-corrected chi connectivity index (χ0v) is 12.2. The Bertz CT molecular complexity index is 277. The molecule has 2 N–H and O–H groups in total. The van der Waals surface area contributed by atoms with Gasteiger partial charge in [-0.15, -0.1) is 0 Å². The highest BCUT2D eigenvalue weighted by Crippen LogP contribution is 2.61. The lowest BCUT2D eigenvalue weighted by Gasteiger charge is -2.59. The van der Waals surface area contributed by atoms with Gasteiger partial charge in [-0.3, -0.25) is 0 Å². The van der Waals surface area contributed by atoms with Crippen LogP contribution in [0.15, 0.2) is 0 Å². The van der Waals surface area contributed by atoms with Crippen molar-refractivity contribution >= 4 is 0 Å². The number of aliphatic hydroxyl groups is 1. The first-order chi connectivity index (χ1) is 8.48. The number of hydrogen-bond donors (Lipinski definition) is 2. The average molecular weight is 251 g/mol. The fourth-order valence-corrected chi connectivity index (χ4v) is 5.69. The highest BCUT2D eigenvalue weighted by molar-refractivity contribution is 5.06. The molecule has 0 amide bonds. The minimum absolute atomic E-state index is 0.145. The second kappa shape index (κ2) is 4.49. The summed E-state index contributed by atoms with van der Waals surface area (Å²) in [5.74, 6) is 2.78. The van der Waals surface area contributed by atoms with Gasteiger partial charge in [0.25, 0.3) is 0 Å². The van der Waals surface area contributed by atoms with Gasteiger partial charge in [0.05, 0.1) is 6.10 Å². The van der Waals surface area contributed by atoms with Crippen LogP contribution in [0.25, 0.3) is 0 Å². The summed E-state index contributed by atoms with van der Waals surface area (Å²) < 4.78 is 0. The second-order valence-corrected chi connectivity index (χ2v) is 7.83. The van der Waals surface area contributed by atoms with Gasteiger partial charge >= 0.3 is 0 Å². The van der Waals surface area contributed by atoms with Crippen molar-refractivity contribution in [1.29, 1.82) is 0 Å². The van der Waals surface area contributed by atoms with Crippen molar-refractivity contribution in [3.63, 3.8) is 0 Å². The van der Waals surface area contributed by atoms with Gasteiger partial charge in [-0.2, -0.15) is 0 Å². The van der Waals surface area contributed by atoms with E-state index in [-0.39, 0.29) is 17.6 Å². The third-order valence-electron chi connectivity index (χ3n) is 5.78. The van der Waals surface area contributed by atoms with Crippen molar-refractivity contribution in [3.05, 3.63) is 0 Å². The molecule has 0 aliphatic heterocycles. The van der Waals surface area contributed by atoms with E-state index in [1.807, 2.05) is 0 Å². The van der Waals surface area contributed by atoms with Crippen LogP contribution in [0.2, 0.25) is 0 Å². The molecule has 0 radical (unpaired) electrons. The summed E-state index contributed by atoms with van der Waals surface area (Å²) in [5.41, 5.74) is 0.260. The summed E-state index contributed by atoms with van der Waals surface area (Å²) in [7, 11) is 0. The van der Waals surface area contributed by atoms with Gasteiger partial charge in [0.15, 0.2) is 0 Å². The van der Waals surface area contributed by atoms with Crippen molar-refractivity contribution in [3.8, 4) is 0 Å². The predicted octanol–water partition coefficient (Wildman–Crippen LogP) is 2.95. The van der Waals surface area contributed by atoms with Gasteiger partial charge in [0, 0.05) is 12.1 Å². The van der Waals surface area contributed by atoms with Crippen LogP contribution in [0.4, 0.5) is 0 Å². The Kier molecular flexibility index (Phi) is 3.22. The molecule has 18 heavy (non-hydrogen) atoms. The highest BCUT2D eigenvalue weighted by atomic mass is 16.3. The minimum atomic E-state index is -0.145. The molecule has 4 aliphatic carbocycles. The molecule has 0 unspecified atom stereocenters. The number of rotatable bonds is 4. The Labute approximate surface area is 112 Å². The van der Waals surface area contributed by atoms with Crippen molar-refractivity contribution in [2.75, 3.05) is 0 Å². The third-order valence-corrected chi connectivity index (χ3v) is 5.78. The predicted molar refractivity (Wildman–Crippen MR) is 74.3 cm³/mol. The molecule has 2 nitrogen and oxygen atoms in total. The van der Waals surface area contributed by atoms with E-state index in [2.05, 4.69) is 26.1 Å². The Morgan fingerprint density at radius 1 is 0.944 bits per heavy atom. The average Bonchev–Trinajstić information content (AvgIpc) is 2.25. The summed E-state index contributed by atoms with van der Waals surface area (Å²) >= 11 is 0. The molecule has 0 heterocycles. The molecule has 4 fully saturated rings. The van der Waals surface area contributed by atoms with E-state index in [4.69, 9.17) is 0 Å². The molecule has 0 spiro atoms. The summed E-state index contributed by atoms with van der Waals surface area (Å²) in [6.45, 7) is 6.51. The van der Waals surface area contributed by atoms with E-state index in [0.717, 1.165) is 17.8 Å². The molecule has 2 atom stereocenters. The van der Waals surface area contributed by atoms with Crippen LogP contribution in [-0.4, -0.2) is 23.3 Å². The summed E-state index contributed by atoms with van der Waals surface area (Å²) in [6.07, 6.45) is 8.11. The van der Waals surface area contributed by atoms with E-state index in [1.54, 1.807) is 0 Å². The minimum Gasteiger partial charge on any atom is -0.391 e. The first kappa shape index (κ1) is 12.9. The fraction of sp³-hybridized carbons (Fsp3) is 1.00. The number of nitrogens with one attached hydrogen (secondary N) is 1. The molecular weight excluding hydrogens is 222 g/mol. The van der Waals surface area contributed by atoms with Gasteiger partial charge in [-0.1, -0.05) is 13.8 Å². The molecule has 0 aromatic rings. The number of aliphatic hydroxyl groups excluding tert-OH is 1. The van der Waals surface area contributed by atoms with E-state index in [9.17, 15) is 5.11 Å². The van der Waals surface area contributed by atoms with Crippen molar-refractivity contribution in [2.24, 2.45) is 23.2 Å². The third kappa shape index (κ3) is 2.12. The van der Waals surface area contributed by atoms with Crippen LogP contribution in [0.3, 0.4) is 0 Å². The molecular formula is C16H29NO. The standard InChI is InChI=1S/C16H29NO/c1-10(2)17-11(3)15(18)16-7-12-4-13(8-16)6-14(5-12)9-16/h10-15,17-18H,4-9H2,1-3H3/t11-,12?,13?,14?,15+,16?/m0/s1. The lowest BCUT2D eigenvalue weighted by atomic mass is 9.47. The van der Waals surface area contributed by atoms with Gasteiger partial charge in [0.2, 0.25) is 0 Å². The van der Waals surface area contributed by atoms with Crippen LogP contribution >= 0.6 is 0 Å². The van der Waals surface area contributed by atoms with E-state index >= 15 is 0 Å². The Morgan fingerprint density at radius 3 is 1.78 bits per heavy atom. The van der Waals surface area contributed by atoms with Crippen molar-refractivity contribution < 1.29 is 5.11 Å². The van der Waals surface area contributed by atoms with Crippen LogP contribution < -0.4 is 5.32 Å². The maximum atomic E-state index is 10.9. The number of hydrogen-bond acceptors (Lipinski definition) is 2. The van der Waals surface area contributed by atoms with Crippen LogP contribution in [0, 0.1) is 23.2 Å². The Balaban J connectivity index is 1.74. The zero-order valence-electron chi connectivity index (χ0n) is 12.2. The SMILES string of the molecule is CC(C)N[C@@H](C)[C@@H](O)C12CC3CC(CC(C3)C1)C2. The fourth-order valence-electron chi connectivity index (χ4n) is 5.69. The second-order valence-electron chi connectivity index (χ2n) is 7.83. The smallest absolute Gasteiger partial charge is 0.0746 e. The van der Waals surface area contributed by atoms with Gasteiger partial charge in [-0.25, -0.2) is 0 Å². The largest absolute Gasteiger partial charge is 0.391 e. The maximum Gasteiger partial charge on any atom is 0.0746 e. The first-order valence-electron chi connectivity index (χ1n) is 7.92. The quantitative estimate of drug-likeness (QED) is 0.805. The lowest BCUT2D eigenvalue weighted by Crippen LogP contribution is -2.57. The molecule has 0 saturated heterocycles. The first-order valence-corrected chi connectivity index (χ1v) is 7.92. The van der Waals surface area contributed by atoms with Crippen LogP contribution in [0.1, 0.15) is 59.3 Å². The van der Waals surface area contributed by atoms with Gasteiger partial charge in [0.1, 0.15) is 0 Å². The molecule has 4 saturated carbocycles. The topological polar surface area (TPSA) is 32.3 Å². The lowest BCUT2D eigenvalue weighted by molar-refractivity contribution is -0.129.